The zero-order chi connectivity index (χ0) is 21.1. The summed E-state index contributed by atoms with van der Waals surface area (Å²) in [5.41, 5.74) is 1.54. The second-order valence-electron chi connectivity index (χ2n) is 6.86. The molecule has 0 spiro atoms. The maximum Gasteiger partial charge on any atom is 0.248 e. The van der Waals surface area contributed by atoms with Crippen LogP contribution in [0.4, 0.5) is 5.82 Å². The number of nitrogens with one attached hydrogen (secondary N) is 1. The minimum atomic E-state index is -1.26. The highest BCUT2D eigenvalue weighted by molar-refractivity contribution is 5.97. The molecule has 4 rings (SSSR count). The molecule has 0 saturated carbocycles. The van der Waals surface area contributed by atoms with Crippen LogP contribution in [0, 0.1) is 11.3 Å². The largest absolute Gasteiger partial charge is 0.488 e. The smallest absolute Gasteiger partial charge is 0.248 e. The number of benzene rings is 1. The zero-order valence-corrected chi connectivity index (χ0v) is 16.3. The first-order valence-electron chi connectivity index (χ1n) is 9.38. The number of aromatic nitrogens is 3. The Balaban J connectivity index is 1.51. The molecule has 3 aromatic rings. The van der Waals surface area contributed by atoms with E-state index < -0.39 is 12.3 Å². The molecule has 3 heterocycles. The number of nitrogens with zero attached hydrogens (tertiary/aromatic N) is 5. The number of aliphatic hydroxyl groups excluding tert-OH is 1. The Kier molecular flexibility index (Phi) is 5.43. The second-order valence-corrected chi connectivity index (χ2v) is 6.86. The van der Waals surface area contributed by atoms with Gasteiger partial charge in [0.15, 0.2) is 17.8 Å². The standard InChI is InChI=1S/C21H20N6O3/c1-26-19-18(8-5-9-23-19)30-13-17(21(26)29)24-20(28)16-10-15(11-22)27(25-16)12-14-6-3-2-4-7-14/h2-10,17,20,24,28H,12-13H2,1H3/t17-,20?/m0/s1. The van der Waals surface area contributed by atoms with Crippen molar-refractivity contribution in [3.63, 3.8) is 0 Å². The molecule has 2 N–H and O–H groups in total. The summed E-state index contributed by atoms with van der Waals surface area (Å²) in [6.07, 6.45) is 0.325. The predicted octanol–water partition coefficient (Wildman–Crippen LogP) is 1.20. The molecule has 152 valence electrons. The van der Waals surface area contributed by atoms with Crippen LogP contribution in [0.15, 0.2) is 54.7 Å². The fourth-order valence-electron chi connectivity index (χ4n) is 3.26. The highest BCUT2D eigenvalue weighted by atomic mass is 16.5. The quantitative estimate of drug-likeness (QED) is 0.614. The summed E-state index contributed by atoms with van der Waals surface area (Å²) in [4.78, 5) is 18.4. The van der Waals surface area contributed by atoms with Gasteiger partial charge in [0, 0.05) is 19.3 Å². The van der Waals surface area contributed by atoms with Gasteiger partial charge in [-0.2, -0.15) is 10.4 Å². The van der Waals surface area contributed by atoms with E-state index in [0.29, 0.717) is 23.8 Å². The van der Waals surface area contributed by atoms with Crippen LogP contribution in [-0.2, 0) is 11.3 Å². The van der Waals surface area contributed by atoms with Crippen LogP contribution in [0.25, 0.3) is 0 Å². The van der Waals surface area contributed by atoms with Crippen molar-refractivity contribution >= 4 is 11.7 Å². The van der Waals surface area contributed by atoms with Gasteiger partial charge < -0.3 is 9.84 Å². The van der Waals surface area contributed by atoms with Crippen LogP contribution in [0.1, 0.15) is 23.2 Å². The molecule has 1 unspecified atom stereocenters. The molecule has 0 bridgehead atoms. The molecule has 9 nitrogen and oxygen atoms in total. The lowest BCUT2D eigenvalue weighted by atomic mass is 10.2. The number of anilines is 1. The molecule has 0 saturated heterocycles. The van der Waals surface area contributed by atoms with E-state index in [1.165, 1.54) is 15.6 Å². The van der Waals surface area contributed by atoms with E-state index in [0.717, 1.165) is 5.56 Å². The third-order valence-electron chi connectivity index (χ3n) is 4.83. The Morgan fingerprint density at radius 3 is 2.90 bits per heavy atom. The first kappa shape index (κ1) is 19.6. The van der Waals surface area contributed by atoms with E-state index in [9.17, 15) is 15.2 Å². The zero-order valence-electron chi connectivity index (χ0n) is 16.3. The number of aliphatic hydroxyl groups is 1. The number of ether oxygens (including phenoxy) is 1. The van der Waals surface area contributed by atoms with Gasteiger partial charge in [-0.05, 0) is 17.7 Å². The summed E-state index contributed by atoms with van der Waals surface area (Å²) in [5.74, 6) is 0.613. The molecule has 30 heavy (non-hydrogen) atoms. The number of hydrogen-bond donors (Lipinski definition) is 2. The van der Waals surface area contributed by atoms with Gasteiger partial charge in [0.05, 0.1) is 6.54 Å². The molecule has 0 fully saturated rings. The van der Waals surface area contributed by atoms with Crippen LogP contribution in [-0.4, -0.2) is 45.5 Å². The molecule has 0 radical (unpaired) electrons. The van der Waals surface area contributed by atoms with Crippen LogP contribution in [0.5, 0.6) is 5.75 Å². The Morgan fingerprint density at radius 2 is 2.13 bits per heavy atom. The van der Waals surface area contributed by atoms with Crippen molar-refractivity contribution in [3.05, 3.63) is 71.7 Å². The third kappa shape index (κ3) is 3.87. The van der Waals surface area contributed by atoms with E-state index in [2.05, 4.69) is 21.5 Å². The van der Waals surface area contributed by atoms with Crippen molar-refractivity contribution in [1.29, 1.82) is 5.26 Å². The maximum atomic E-state index is 12.8. The molecular formula is C21H20N6O3. The Bertz CT molecular complexity index is 1090. The molecule has 2 aromatic heterocycles. The van der Waals surface area contributed by atoms with Gasteiger partial charge in [-0.25, -0.2) is 4.98 Å². The molecule has 1 aromatic carbocycles. The number of rotatable bonds is 5. The molecule has 9 heteroatoms. The van der Waals surface area contributed by atoms with Crippen molar-refractivity contribution in [2.45, 2.75) is 18.8 Å². The number of fused-ring (bicyclic) bond motifs is 1. The summed E-state index contributed by atoms with van der Waals surface area (Å²) >= 11 is 0. The fraction of sp³-hybridized carbons (Fsp3) is 0.238. The molecule has 1 aliphatic rings. The summed E-state index contributed by atoms with van der Waals surface area (Å²) in [5, 5.41) is 27.3. The summed E-state index contributed by atoms with van der Waals surface area (Å²) in [6, 6.07) is 15.8. The lowest BCUT2D eigenvalue weighted by Gasteiger charge is -2.21. The third-order valence-corrected chi connectivity index (χ3v) is 4.83. The van der Waals surface area contributed by atoms with E-state index in [-0.39, 0.29) is 18.2 Å². The average molecular weight is 404 g/mol. The SMILES string of the molecule is CN1C(=O)[C@@H](NC(O)c2cc(C#N)n(Cc3ccccc3)n2)COc2cccnc21. The predicted molar refractivity (Wildman–Crippen MR) is 108 cm³/mol. The van der Waals surface area contributed by atoms with Crippen LogP contribution in [0.3, 0.4) is 0 Å². The van der Waals surface area contributed by atoms with Crippen LogP contribution < -0.4 is 15.0 Å². The number of hydrogen-bond acceptors (Lipinski definition) is 7. The minimum Gasteiger partial charge on any atom is -0.488 e. The van der Waals surface area contributed by atoms with Gasteiger partial charge in [-0.15, -0.1) is 0 Å². The van der Waals surface area contributed by atoms with E-state index >= 15 is 0 Å². The summed E-state index contributed by atoms with van der Waals surface area (Å²) in [6.45, 7) is 0.417. The van der Waals surface area contributed by atoms with E-state index in [1.807, 2.05) is 30.3 Å². The second kappa shape index (κ2) is 8.32. The van der Waals surface area contributed by atoms with Gasteiger partial charge in [0.1, 0.15) is 30.1 Å². The highest BCUT2D eigenvalue weighted by Crippen LogP contribution is 2.27. The van der Waals surface area contributed by atoms with E-state index in [1.54, 1.807) is 25.4 Å². The van der Waals surface area contributed by atoms with Gasteiger partial charge in [-0.1, -0.05) is 30.3 Å². The Morgan fingerprint density at radius 1 is 1.33 bits per heavy atom. The van der Waals surface area contributed by atoms with Gasteiger partial charge in [0.2, 0.25) is 5.91 Å². The lowest BCUT2D eigenvalue weighted by molar-refractivity contribution is -0.121. The monoisotopic (exact) mass is 404 g/mol. The first-order valence-corrected chi connectivity index (χ1v) is 9.38. The van der Waals surface area contributed by atoms with Crippen molar-refractivity contribution in [2.24, 2.45) is 0 Å². The molecule has 1 amide bonds. The fourth-order valence-corrected chi connectivity index (χ4v) is 3.26. The van der Waals surface area contributed by atoms with Gasteiger partial charge >= 0.3 is 0 Å². The molecular weight excluding hydrogens is 384 g/mol. The van der Waals surface area contributed by atoms with E-state index in [4.69, 9.17) is 4.74 Å². The average Bonchev–Trinajstić information content (AvgIpc) is 3.14. The van der Waals surface area contributed by atoms with Crippen molar-refractivity contribution in [3.8, 4) is 11.8 Å². The van der Waals surface area contributed by atoms with Crippen molar-refractivity contribution in [2.75, 3.05) is 18.6 Å². The number of likely N-dealkylation sites (N-methyl/N-ethyl adjacent to an activating group) is 1. The number of pyridine rings is 1. The first-order chi connectivity index (χ1) is 14.6. The van der Waals surface area contributed by atoms with Crippen molar-refractivity contribution < 1.29 is 14.6 Å². The highest BCUT2D eigenvalue weighted by Gasteiger charge is 2.32. The maximum absolute atomic E-state index is 12.8. The van der Waals surface area contributed by atoms with Crippen LogP contribution in [0.2, 0.25) is 0 Å². The molecule has 0 aliphatic carbocycles. The number of carbonyl (C=O) groups excluding carboxylic acids is 1. The molecule has 2 atom stereocenters. The topological polar surface area (TPSA) is 116 Å². The van der Waals surface area contributed by atoms with Crippen LogP contribution >= 0.6 is 0 Å². The Labute approximate surface area is 173 Å². The number of nitriles is 1. The molecule has 1 aliphatic heterocycles. The van der Waals surface area contributed by atoms with Gasteiger partial charge in [0.25, 0.3) is 0 Å². The lowest BCUT2D eigenvalue weighted by Crippen LogP contribution is -2.48. The number of carbonyl (C=O) groups is 1. The van der Waals surface area contributed by atoms with Gasteiger partial charge in [-0.3, -0.25) is 19.7 Å². The van der Waals surface area contributed by atoms with Crippen molar-refractivity contribution in [1.82, 2.24) is 20.1 Å². The summed E-state index contributed by atoms with van der Waals surface area (Å²) in [7, 11) is 1.60. The Hall–Kier alpha value is -3.74. The summed E-state index contributed by atoms with van der Waals surface area (Å²) < 4.78 is 7.21. The normalized spacial score (nSPS) is 16.9. The minimum absolute atomic E-state index is 0.0226. The number of amides is 1.